The number of nitrogens with one attached hydrogen (secondary N) is 2. The zero-order chi connectivity index (χ0) is 18.4. The van der Waals surface area contributed by atoms with Crippen molar-refractivity contribution in [1.29, 1.82) is 0 Å². The molecule has 1 saturated heterocycles. The van der Waals surface area contributed by atoms with Crippen LogP contribution in [0.4, 0.5) is 5.69 Å². The van der Waals surface area contributed by atoms with E-state index in [1.807, 2.05) is 7.05 Å². The lowest BCUT2D eigenvalue weighted by molar-refractivity contribution is 0.206. The lowest BCUT2D eigenvalue weighted by Gasteiger charge is -2.33. The Balaban J connectivity index is 1.45. The third-order valence-corrected chi connectivity index (χ3v) is 5.71. The van der Waals surface area contributed by atoms with Crippen molar-refractivity contribution in [3.63, 3.8) is 0 Å². The average molecular weight is 358 g/mol. The third-order valence-electron chi connectivity index (χ3n) is 5.71. The molecule has 0 bridgehead atoms. The summed E-state index contributed by atoms with van der Waals surface area (Å²) >= 11 is 0. The zero-order valence-electron chi connectivity index (χ0n) is 16.7. The number of anilines is 1. The molecule has 2 aliphatic heterocycles. The molecule has 0 radical (unpaired) electrons. The second-order valence-corrected chi connectivity index (χ2v) is 7.63. The van der Waals surface area contributed by atoms with Gasteiger partial charge in [0.1, 0.15) is 0 Å². The van der Waals surface area contributed by atoms with Crippen molar-refractivity contribution in [2.45, 2.75) is 51.6 Å². The Hall–Kier alpha value is -1.75. The number of para-hydroxylation sites is 1. The van der Waals surface area contributed by atoms with E-state index in [4.69, 9.17) is 0 Å². The Labute approximate surface area is 158 Å². The molecule has 1 atom stereocenters. The number of likely N-dealkylation sites (tertiary alicyclic amines) is 1. The molecule has 2 N–H and O–H groups in total. The Morgan fingerprint density at radius 3 is 2.73 bits per heavy atom. The second kappa shape index (κ2) is 9.26. The van der Waals surface area contributed by atoms with Crippen LogP contribution >= 0.6 is 0 Å². The van der Waals surface area contributed by atoms with E-state index in [2.05, 4.69) is 63.5 Å². The van der Waals surface area contributed by atoms with Gasteiger partial charge in [0.05, 0.1) is 0 Å². The lowest BCUT2D eigenvalue weighted by Crippen LogP contribution is -2.51. The molecule has 2 aliphatic rings. The number of aliphatic imine (C=N–C) groups is 1. The van der Waals surface area contributed by atoms with Gasteiger partial charge in [-0.1, -0.05) is 25.1 Å². The molecular formula is C21H35N5. The first-order valence-corrected chi connectivity index (χ1v) is 10.2. The molecule has 1 aromatic rings. The van der Waals surface area contributed by atoms with Crippen molar-refractivity contribution >= 4 is 11.6 Å². The number of guanidine groups is 1. The van der Waals surface area contributed by atoms with Crippen LogP contribution in [0.1, 0.15) is 38.7 Å². The summed E-state index contributed by atoms with van der Waals surface area (Å²) in [6.45, 7) is 10.2. The predicted octanol–water partition coefficient (Wildman–Crippen LogP) is 2.48. The van der Waals surface area contributed by atoms with Crippen LogP contribution in [-0.4, -0.2) is 62.7 Å². The summed E-state index contributed by atoms with van der Waals surface area (Å²) in [6, 6.07) is 9.77. The standard InChI is InChI=1S/C21H35N5/c1-4-12-25-13-10-19(11-14-25)24-21(22-3)23-16-17(2)26-15-9-18-7-5-6-8-20(18)26/h5-8,17,19H,4,9-16H2,1-3H3,(H2,22,23,24). The normalized spacial score (nSPS) is 20.1. The van der Waals surface area contributed by atoms with Gasteiger partial charge in [0.2, 0.25) is 0 Å². The highest BCUT2D eigenvalue weighted by molar-refractivity contribution is 5.80. The SMILES string of the molecule is CCCN1CCC(NC(=NC)NCC(C)N2CCc3ccccc32)CC1. The van der Waals surface area contributed by atoms with E-state index in [9.17, 15) is 0 Å². The van der Waals surface area contributed by atoms with Gasteiger partial charge in [0.25, 0.3) is 0 Å². The zero-order valence-corrected chi connectivity index (χ0v) is 16.7. The minimum atomic E-state index is 0.448. The van der Waals surface area contributed by atoms with E-state index in [0.717, 1.165) is 25.5 Å². The molecule has 0 aliphatic carbocycles. The van der Waals surface area contributed by atoms with Crippen molar-refractivity contribution in [3.8, 4) is 0 Å². The summed E-state index contributed by atoms with van der Waals surface area (Å²) in [7, 11) is 1.87. The van der Waals surface area contributed by atoms with Gasteiger partial charge in [-0.15, -0.1) is 0 Å². The Morgan fingerprint density at radius 2 is 2.00 bits per heavy atom. The Bertz CT molecular complexity index is 592. The first-order valence-electron chi connectivity index (χ1n) is 10.2. The van der Waals surface area contributed by atoms with Gasteiger partial charge in [0, 0.05) is 51.0 Å². The van der Waals surface area contributed by atoms with Crippen LogP contribution in [0.3, 0.4) is 0 Å². The molecule has 5 heteroatoms. The molecule has 0 aromatic heterocycles. The predicted molar refractivity (Wildman–Crippen MR) is 111 cm³/mol. The number of hydrogen-bond donors (Lipinski definition) is 2. The summed E-state index contributed by atoms with van der Waals surface area (Å²) in [5, 5.41) is 7.17. The maximum Gasteiger partial charge on any atom is 0.191 e. The van der Waals surface area contributed by atoms with E-state index in [-0.39, 0.29) is 0 Å². The first kappa shape index (κ1) is 19.0. The summed E-state index contributed by atoms with van der Waals surface area (Å²) in [5.41, 5.74) is 2.87. The topological polar surface area (TPSA) is 42.9 Å². The molecular weight excluding hydrogens is 322 g/mol. The molecule has 1 aromatic carbocycles. The van der Waals surface area contributed by atoms with Crippen LogP contribution in [-0.2, 0) is 6.42 Å². The van der Waals surface area contributed by atoms with Gasteiger partial charge in [-0.25, -0.2) is 0 Å². The highest BCUT2D eigenvalue weighted by Crippen LogP contribution is 2.28. The van der Waals surface area contributed by atoms with Crippen molar-refractivity contribution in [2.24, 2.45) is 4.99 Å². The fraction of sp³-hybridized carbons (Fsp3) is 0.667. The number of hydrogen-bond acceptors (Lipinski definition) is 3. The Morgan fingerprint density at radius 1 is 1.23 bits per heavy atom. The monoisotopic (exact) mass is 357 g/mol. The van der Waals surface area contributed by atoms with E-state index in [1.54, 1.807) is 0 Å². The fourth-order valence-electron chi connectivity index (χ4n) is 4.18. The van der Waals surface area contributed by atoms with Gasteiger partial charge in [-0.05, 0) is 50.8 Å². The lowest BCUT2D eigenvalue weighted by atomic mass is 10.1. The van der Waals surface area contributed by atoms with E-state index < -0.39 is 0 Å². The molecule has 1 fully saturated rings. The summed E-state index contributed by atoms with van der Waals surface area (Å²) < 4.78 is 0. The quantitative estimate of drug-likeness (QED) is 0.606. The van der Waals surface area contributed by atoms with Gasteiger partial charge in [-0.3, -0.25) is 4.99 Å². The summed E-state index contributed by atoms with van der Waals surface area (Å²) in [6.07, 6.45) is 4.81. The van der Waals surface area contributed by atoms with Gasteiger partial charge in [0.15, 0.2) is 5.96 Å². The maximum atomic E-state index is 4.44. The van der Waals surface area contributed by atoms with Crippen LogP contribution < -0.4 is 15.5 Å². The van der Waals surface area contributed by atoms with Gasteiger partial charge >= 0.3 is 0 Å². The van der Waals surface area contributed by atoms with Crippen LogP contribution in [0.5, 0.6) is 0 Å². The highest BCUT2D eigenvalue weighted by atomic mass is 15.2. The maximum absolute atomic E-state index is 4.44. The van der Waals surface area contributed by atoms with Crippen LogP contribution in [0, 0.1) is 0 Å². The number of nitrogens with zero attached hydrogens (tertiary/aromatic N) is 3. The fourth-order valence-corrected chi connectivity index (χ4v) is 4.18. The number of benzene rings is 1. The largest absolute Gasteiger partial charge is 0.366 e. The molecule has 26 heavy (non-hydrogen) atoms. The van der Waals surface area contributed by atoms with E-state index >= 15 is 0 Å². The van der Waals surface area contributed by atoms with Gasteiger partial charge in [-0.2, -0.15) is 0 Å². The van der Waals surface area contributed by atoms with Crippen molar-refractivity contribution < 1.29 is 0 Å². The molecule has 0 spiro atoms. The molecule has 0 saturated carbocycles. The third kappa shape index (κ3) is 4.70. The molecule has 2 heterocycles. The van der Waals surface area contributed by atoms with Crippen molar-refractivity contribution in [1.82, 2.24) is 15.5 Å². The van der Waals surface area contributed by atoms with Gasteiger partial charge < -0.3 is 20.4 Å². The smallest absolute Gasteiger partial charge is 0.191 e. The number of piperidine rings is 1. The van der Waals surface area contributed by atoms with Crippen LogP contribution in [0.2, 0.25) is 0 Å². The molecule has 0 amide bonds. The molecule has 1 unspecified atom stereocenters. The van der Waals surface area contributed by atoms with Crippen LogP contribution in [0.15, 0.2) is 29.3 Å². The molecule has 5 nitrogen and oxygen atoms in total. The molecule has 144 valence electrons. The molecule has 3 rings (SSSR count). The van der Waals surface area contributed by atoms with Crippen molar-refractivity contribution in [3.05, 3.63) is 29.8 Å². The first-order chi connectivity index (χ1) is 12.7. The highest BCUT2D eigenvalue weighted by Gasteiger charge is 2.23. The van der Waals surface area contributed by atoms with Crippen LogP contribution in [0.25, 0.3) is 0 Å². The summed E-state index contributed by atoms with van der Waals surface area (Å²) in [5.74, 6) is 0.943. The van der Waals surface area contributed by atoms with E-state index in [1.165, 1.54) is 50.1 Å². The number of rotatable bonds is 6. The Kier molecular flexibility index (Phi) is 6.78. The van der Waals surface area contributed by atoms with E-state index in [0.29, 0.717) is 12.1 Å². The summed E-state index contributed by atoms with van der Waals surface area (Å²) in [4.78, 5) is 9.53. The second-order valence-electron chi connectivity index (χ2n) is 7.63. The van der Waals surface area contributed by atoms with Crippen molar-refractivity contribution in [2.75, 3.05) is 44.7 Å². The minimum Gasteiger partial charge on any atom is -0.366 e. The average Bonchev–Trinajstić information content (AvgIpc) is 3.10. The number of fused-ring (bicyclic) bond motifs is 1. The minimum absolute atomic E-state index is 0.448.